The zero-order valence-corrected chi connectivity index (χ0v) is 20.9. The number of aliphatic hydroxyl groups is 1. The Balaban J connectivity index is 2.01. The van der Waals surface area contributed by atoms with Gasteiger partial charge in [0.2, 0.25) is 0 Å². The summed E-state index contributed by atoms with van der Waals surface area (Å²) in [4.78, 5) is 28.2. The fourth-order valence-electron chi connectivity index (χ4n) is 4.31. The van der Waals surface area contributed by atoms with Gasteiger partial charge in [0, 0.05) is 16.3 Å². The van der Waals surface area contributed by atoms with E-state index in [1.165, 1.54) is 19.1 Å². The van der Waals surface area contributed by atoms with Crippen molar-refractivity contribution in [2.75, 3.05) is 19.1 Å². The van der Waals surface area contributed by atoms with Gasteiger partial charge in [-0.1, -0.05) is 35.9 Å². The van der Waals surface area contributed by atoms with E-state index < -0.39 is 17.7 Å². The molecule has 1 heterocycles. The highest BCUT2D eigenvalue weighted by atomic mass is 35.5. The molecule has 0 saturated carbocycles. The standard InChI is InChI=1S/C28H26ClNO5/c1-15-6-8-19(12-17(15)3)26(31)24-25(18-9-11-22(34-4)23(13-18)35-5)30(28(33)27(24)32)21-14-20(29)10-7-16(21)2/h6-14,25,31H,1-5H3/b26-24+. The molecule has 3 aromatic rings. The van der Waals surface area contributed by atoms with Crippen molar-refractivity contribution in [2.45, 2.75) is 26.8 Å². The molecule has 180 valence electrons. The predicted octanol–water partition coefficient (Wildman–Crippen LogP) is 5.91. The summed E-state index contributed by atoms with van der Waals surface area (Å²) in [5.74, 6) is -0.834. The van der Waals surface area contributed by atoms with Crippen LogP contribution in [0.1, 0.15) is 33.9 Å². The second-order valence-electron chi connectivity index (χ2n) is 8.51. The number of halogens is 1. The maximum atomic E-state index is 13.4. The van der Waals surface area contributed by atoms with Crippen molar-refractivity contribution in [2.24, 2.45) is 0 Å². The average molecular weight is 492 g/mol. The molecule has 1 aliphatic rings. The van der Waals surface area contributed by atoms with E-state index in [2.05, 4.69) is 0 Å². The number of carbonyl (C=O) groups is 2. The van der Waals surface area contributed by atoms with Gasteiger partial charge in [-0.2, -0.15) is 0 Å². The monoisotopic (exact) mass is 491 g/mol. The van der Waals surface area contributed by atoms with Crippen molar-refractivity contribution < 1.29 is 24.2 Å². The Morgan fingerprint density at radius 3 is 2.20 bits per heavy atom. The van der Waals surface area contributed by atoms with Crippen LogP contribution in [0.5, 0.6) is 11.5 Å². The molecule has 35 heavy (non-hydrogen) atoms. The van der Waals surface area contributed by atoms with Gasteiger partial charge in [-0.3, -0.25) is 14.5 Å². The summed E-state index contributed by atoms with van der Waals surface area (Å²) in [6.45, 7) is 5.72. The lowest BCUT2D eigenvalue weighted by molar-refractivity contribution is -0.132. The Labute approximate surface area is 209 Å². The maximum absolute atomic E-state index is 13.4. The molecule has 1 unspecified atom stereocenters. The SMILES string of the molecule is COc1ccc(C2/C(=C(\O)c3ccc(C)c(C)c3)C(=O)C(=O)N2c2cc(Cl)ccc2C)cc1OC. The van der Waals surface area contributed by atoms with Gasteiger partial charge in [-0.25, -0.2) is 0 Å². The van der Waals surface area contributed by atoms with E-state index in [1.807, 2.05) is 26.8 Å². The highest BCUT2D eigenvalue weighted by molar-refractivity contribution is 6.52. The molecule has 0 aliphatic carbocycles. The lowest BCUT2D eigenvalue weighted by atomic mass is 9.93. The first-order valence-electron chi connectivity index (χ1n) is 11.0. The van der Waals surface area contributed by atoms with Gasteiger partial charge in [-0.05, 0) is 73.4 Å². The number of aliphatic hydroxyl groups excluding tert-OH is 1. The summed E-state index contributed by atoms with van der Waals surface area (Å²) in [6, 6.07) is 14.8. The van der Waals surface area contributed by atoms with Crippen LogP contribution in [-0.2, 0) is 9.59 Å². The fourth-order valence-corrected chi connectivity index (χ4v) is 4.47. The summed E-state index contributed by atoms with van der Waals surface area (Å²) in [5, 5.41) is 11.8. The number of aryl methyl sites for hydroxylation is 3. The highest BCUT2D eigenvalue weighted by Gasteiger charge is 2.47. The Hall–Kier alpha value is -3.77. The van der Waals surface area contributed by atoms with Crippen LogP contribution in [0.25, 0.3) is 5.76 Å². The molecule has 1 N–H and O–H groups in total. The molecule has 0 bridgehead atoms. The molecular formula is C28H26ClNO5. The van der Waals surface area contributed by atoms with Crippen LogP contribution in [-0.4, -0.2) is 31.0 Å². The lowest BCUT2D eigenvalue weighted by Gasteiger charge is -2.27. The van der Waals surface area contributed by atoms with Gasteiger partial charge in [0.1, 0.15) is 5.76 Å². The molecule has 7 heteroatoms. The second-order valence-corrected chi connectivity index (χ2v) is 8.95. The number of benzene rings is 3. The Bertz CT molecular complexity index is 1380. The summed E-state index contributed by atoms with van der Waals surface area (Å²) in [6.07, 6.45) is 0. The minimum Gasteiger partial charge on any atom is -0.507 e. The van der Waals surface area contributed by atoms with Crippen molar-refractivity contribution in [1.29, 1.82) is 0 Å². The Morgan fingerprint density at radius 2 is 1.54 bits per heavy atom. The quantitative estimate of drug-likeness (QED) is 0.273. The van der Waals surface area contributed by atoms with Crippen molar-refractivity contribution >= 4 is 34.7 Å². The number of ether oxygens (including phenoxy) is 2. The van der Waals surface area contributed by atoms with Gasteiger partial charge >= 0.3 is 0 Å². The molecule has 1 saturated heterocycles. The number of nitrogens with zero attached hydrogens (tertiary/aromatic N) is 1. The van der Waals surface area contributed by atoms with Crippen LogP contribution in [0.3, 0.4) is 0 Å². The van der Waals surface area contributed by atoms with Crippen LogP contribution in [0, 0.1) is 20.8 Å². The normalized spacial score (nSPS) is 17.1. The molecule has 4 rings (SSSR count). The molecule has 0 aromatic heterocycles. The predicted molar refractivity (Wildman–Crippen MR) is 136 cm³/mol. The van der Waals surface area contributed by atoms with Crippen molar-refractivity contribution in [3.63, 3.8) is 0 Å². The maximum Gasteiger partial charge on any atom is 0.300 e. The Kier molecular flexibility index (Phi) is 6.59. The molecule has 1 aliphatic heterocycles. The van der Waals surface area contributed by atoms with Crippen molar-refractivity contribution in [1.82, 2.24) is 0 Å². The van der Waals surface area contributed by atoms with Gasteiger partial charge in [0.15, 0.2) is 11.5 Å². The Morgan fingerprint density at radius 1 is 0.857 bits per heavy atom. The van der Waals surface area contributed by atoms with E-state index in [0.717, 1.165) is 16.7 Å². The number of hydrogen-bond donors (Lipinski definition) is 1. The number of Topliss-reactive ketones (excluding diaryl/α,β-unsaturated/α-hetero) is 1. The number of carbonyl (C=O) groups excluding carboxylic acids is 2. The molecule has 1 amide bonds. The summed E-state index contributed by atoms with van der Waals surface area (Å²) >= 11 is 6.27. The topological polar surface area (TPSA) is 76.1 Å². The molecule has 0 radical (unpaired) electrons. The fraction of sp³-hybridized carbons (Fsp3) is 0.214. The molecule has 0 spiro atoms. The van der Waals surface area contributed by atoms with Crippen LogP contribution in [0.2, 0.25) is 5.02 Å². The molecular weight excluding hydrogens is 466 g/mol. The van der Waals surface area contributed by atoms with Crippen molar-refractivity contribution in [3.8, 4) is 11.5 Å². The number of ketones is 1. The zero-order chi connectivity index (χ0) is 25.4. The number of amides is 1. The first kappa shape index (κ1) is 24.4. The van der Waals surface area contributed by atoms with E-state index in [0.29, 0.717) is 33.3 Å². The van der Waals surface area contributed by atoms with Gasteiger partial charge in [0.05, 0.1) is 25.8 Å². The van der Waals surface area contributed by atoms with Gasteiger partial charge in [0.25, 0.3) is 11.7 Å². The van der Waals surface area contributed by atoms with Crippen LogP contribution in [0.15, 0.2) is 60.2 Å². The third-order valence-corrected chi connectivity index (χ3v) is 6.61. The lowest BCUT2D eigenvalue weighted by Crippen LogP contribution is -2.30. The first-order chi connectivity index (χ1) is 16.7. The second kappa shape index (κ2) is 9.47. The van der Waals surface area contributed by atoms with E-state index in [9.17, 15) is 14.7 Å². The summed E-state index contributed by atoms with van der Waals surface area (Å²) in [5.41, 5.74) is 4.27. The summed E-state index contributed by atoms with van der Waals surface area (Å²) < 4.78 is 10.8. The van der Waals surface area contributed by atoms with E-state index in [1.54, 1.807) is 48.5 Å². The highest BCUT2D eigenvalue weighted by Crippen LogP contribution is 2.45. The number of rotatable bonds is 5. The average Bonchev–Trinajstić information content (AvgIpc) is 3.11. The zero-order valence-electron chi connectivity index (χ0n) is 20.2. The minimum absolute atomic E-state index is 0.00940. The largest absolute Gasteiger partial charge is 0.507 e. The van der Waals surface area contributed by atoms with E-state index >= 15 is 0 Å². The van der Waals surface area contributed by atoms with Gasteiger partial charge in [-0.15, -0.1) is 0 Å². The van der Waals surface area contributed by atoms with Crippen LogP contribution < -0.4 is 14.4 Å². The number of hydrogen-bond acceptors (Lipinski definition) is 5. The van der Waals surface area contributed by atoms with E-state index in [-0.39, 0.29) is 11.3 Å². The van der Waals surface area contributed by atoms with Crippen LogP contribution in [0.4, 0.5) is 5.69 Å². The van der Waals surface area contributed by atoms with Crippen molar-refractivity contribution in [3.05, 3.63) is 93.0 Å². The minimum atomic E-state index is -0.909. The van der Waals surface area contributed by atoms with Crippen LogP contribution >= 0.6 is 11.6 Å². The third-order valence-electron chi connectivity index (χ3n) is 6.38. The molecule has 1 atom stereocenters. The number of methoxy groups -OCH3 is 2. The molecule has 6 nitrogen and oxygen atoms in total. The number of anilines is 1. The summed E-state index contributed by atoms with van der Waals surface area (Å²) in [7, 11) is 3.04. The van der Waals surface area contributed by atoms with Gasteiger partial charge < -0.3 is 14.6 Å². The molecule has 3 aromatic carbocycles. The smallest absolute Gasteiger partial charge is 0.300 e. The van der Waals surface area contributed by atoms with E-state index in [4.69, 9.17) is 21.1 Å². The first-order valence-corrected chi connectivity index (χ1v) is 11.4. The molecule has 1 fully saturated rings. The third kappa shape index (κ3) is 4.26.